The van der Waals surface area contributed by atoms with E-state index in [0.717, 1.165) is 0 Å². The van der Waals surface area contributed by atoms with Gasteiger partial charge in [0.15, 0.2) is 0 Å². The van der Waals surface area contributed by atoms with Gasteiger partial charge >= 0.3 is 12.0 Å². The number of carboxylic acid groups (broad SMARTS) is 1. The SMILES string of the molecule is CCOC(C)(C)CNC(=O)Nc1c(C)cccc1C(=O)O. The molecule has 0 bridgehead atoms. The van der Waals surface area contributed by atoms with Crippen LogP contribution in [-0.4, -0.2) is 35.9 Å². The number of para-hydroxylation sites is 1. The molecule has 0 aromatic heterocycles. The molecule has 1 rings (SSSR count). The number of carboxylic acids is 1. The maximum atomic E-state index is 11.9. The Morgan fingerprint density at radius 1 is 1.33 bits per heavy atom. The summed E-state index contributed by atoms with van der Waals surface area (Å²) in [5.41, 5.74) is 0.577. The van der Waals surface area contributed by atoms with Gasteiger partial charge in [0, 0.05) is 13.2 Å². The van der Waals surface area contributed by atoms with Crippen LogP contribution >= 0.6 is 0 Å². The molecule has 0 aliphatic heterocycles. The van der Waals surface area contributed by atoms with Crippen molar-refractivity contribution < 1.29 is 19.4 Å². The number of aryl methyl sites for hydroxylation is 1. The summed E-state index contributed by atoms with van der Waals surface area (Å²) in [5.74, 6) is -1.08. The second-order valence-corrected chi connectivity index (χ2v) is 5.30. The Hall–Kier alpha value is -2.08. The van der Waals surface area contributed by atoms with Crippen molar-refractivity contribution in [1.29, 1.82) is 0 Å². The van der Waals surface area contributed by atoms with E-state index in [1.807, 2.05) is 20.8 Å². The van der Waals surface area contributed by atoms with Gasteiger partial charge in [-0.15, -0.1) is 0 Å². The average molecular weight is 294 g/mol. The lowest BCUT2D eigenvalue weighted by Gasteiger charge is -2.25. The third-order valence-electron chi connectivity index (χ3n) is 2.95. The van der Waals surface area contributed by atoms with Gasteiger partial charge in [0.25, 0.3) is 0 Å². The van der Waals surface area contributed by atoms with Gasteiger partial charge < -0.3 is 20.5 Å². The zero-order valence-corrected chi connectivity index (χ0v) is 12.8. The average Bonchev–Trinajstić information content (AvgIpc) is 2.38. The Labute approximate surface area is 124 Å². The van der Waals surface area contributed by atoms with Crippen LogP contribution in [0.2, 0.25) is 0 Å². The number of rotatable bonds is 6. The summed E-state index contributed by atoms with van der Waals surface area (Å²) in [7, 11) is 0. The highest BCUT2D eigenvalue weighted by atomic mass is 16.5. The Kier molecular flexibility index (Phi) is 5.72. The highest BCUT2D eigenvalue weighted by molar-refractivity contribution is 6.00. The largest absolute Gasteiger partial charge is 0.478 e. The van der Waals surface area contributed by atoms with Gasteiger partial charge in [-0.3, -0.25) is 0 Å². The van der Waals surface area contributed by atoms with Crippen LogP contribution in [0.4, 0.5) is 10.5 Å². The first kappa shape index (κ1) is 17.0. The number of benzene rings is 1. The summed E-state index contributed by atoms with van der Waals surface area (Å²) in [6.45, 7) is 8.24. The minimum absolute atomic E-state index is 0.0641. The van der Waals surface area contributed by atoms with E-state index in [1.165, 1.54) is 6.07 Å². The smallest absolute Gasteiger partial charge is 0.337 e. The van der Waals surface area contributed by atoms with E-state index in [2.05, 4.69) is 10.6 Å². The van der Waals surface area contributed by atoms with Crippen LogP contribution in [0.25, 0.3) is 0 Å². The molecule has 0 aliphatic rings. The summed E-state index contributed by atoms with van der Waals surface area (Å²) < 4.78 is 5.48. The fourth-order valence-electron chi connectivity index (χ4n) is 1.90. The Morgan fingerprint density at radius 3 is 2.57 bits per heavy atom. The van der Waals surface area contributed by atoms with E-state index in [9.17, 15) is 9.59 Å². The molecule has 0 saturated heterocycles. The molecule has 0 fully saturated rings. The summed E-state index contributed by atoms with van der Waals surface area (Å²) >= 11 is 0. The van der Waals surface area contributed by atoms with Crippen LogP contribution in [0.5, 0.6) is 0 Å². The van der Waals surface area contributed by atoms with Crippen molar-refractivity contribution in [3.8, 4) is 0 Å². The van der Waals surface area contributed by atoms with E-state index in [-0.39, 0.29) is 5.56 Å². The van der Waals surface area contributed by atoms with E-state index in [1.54, 1.807) is 19.1 Å². The zero-order chi connectivity index (χ0) is 16.0. The molecular formula is C15H22N2O4. The van der Waals surface area contributed by atoms with Gasteiger partial charge in [0.2, 0.25) is 0 Å². The van der Waals surface area contributed by atoms with Crippen molar-refractivity contribution in [3.63, 3.8) is 0 Å². The molecule has 116 valence electrons. The zero-order valence-electron chi connectivity index (χ0n) is 12.8. The van der Waals surface area contributed by atoms with Gasteiger partial charge in [-0.05, 0) is 39.3 Å². The number of ether oxygens (including phenoxy) is 1. The van der Waals surface area contributed by atoms with Crippen LogP contribution in [0, 0.1) is 6.92 Å². The predicted octanol–water partition coefficient (Wildman–Crippen LogP) is 2.63. The topological polar surface area (TPSA) is 87.7 Å². The van der Waals surface area contributed by atoms with Crippen molar-refractivity contribution in [2.45, 2.75) is 33.3 Å². The van der Waals surface area contributed by atoms with Crippen LogP contribution < -0.4 is 10.6 Å². The molecule has 1 aromatic carbocycles. The fourth-order valence-corrected chi connectivity index (χ4v) is 1.90. The summed E-state index contributed by atoms with van der Waals surface area (Å²) in [4.78, 5) is 23.1. The van der Waals surface area contributed by atoms with Crippen LogP contribution in [0.3, 0.4) is 0 Å². The number of hydrogen-bond donors (Lipinski definition) is 3. The van der Waals surface area contributed by atoms with Gasteiger partial charge in [-0.1, -0.05) is 12.1 Å². The van der Waals surface area contributed by atoms with E-state index in [4.69, 9.17) is 9.84 Å². The van der Waals surface area contributed by atoms with Crippen molar-refractivity contribution in [3.05, 3.63) is 29.3 Å². The Balaban J connectivity index is 2.74. The lowest BCUT2D eigenvalue weighted by molar-refractivity contribution is -0.00663. The molecule has 0 atom stereocenters. The molecule has 3 N–H and O–H groups in total. The monoisotopic (exact) mass is 294 g/mol. The molecule has 1 aromatic rings. The van der Waals surface area contributed by atoms with Crippen molar-refractivity contribution in [1.82, 2.24) is 5.32 Å². The molecule has 6 heteroatoms. The molecule has 0 spiro atoms. The molecule has 21 heavy (non-hydrogen) atoms. The number of nitrogens with one attached hydrogen (secondary N) is 2. The summed E-state index contributed by atoms with van der Waals surface area (Å²) in [6.07, 6.45) is 0. The first-order valence-corrected chi connectivity index (χ1v) is 6.78. The molecule has 2 amide bonds. The first-order valence-electron chi connectivity index (χ1n) is 6.78. The minimum Gasteiger partial charge on any atom is -0.478 e. The molecule has 0 saturated carbocycles. The highest BCUT2D eigenvalue weighted by Crippen LogP contribution is 2.20. The summed E-state index contributed by atoms with van der Waals surface area (Å²) in [6, 6.07) is 4.38. The number of carbonyl (C=O) groups excluding carboxylic acids is 1. The normalized spacial score (nSPS) is 11.0. The molecule has 6 nitrogen and oxygen atoms in total. The van der Waals surface area contributed by atoms with Crippen molar-refractivity contribution >= 4 is 17.7 Å². The summed E-state index contributed by atoms with van der Waals surface area (Å²) in [5, 5.41) is 14.4. The second-order valence-electron chi connectivity index (χ2n) is 5.30. The number of hydrogen-bond acceptors (Lipinski definition) is 3. The third kappa shape index (κ3) is 5.07. The minimum atomic E-state index is -1.08. The fraction of sp³-hybridized carbons (Fsp3) is 0.467. The molecular weight excluding hydrogens is 272 g/mol. The lowest BCUT2D eigenvalue weighted by atomic mass is 10.1. The number of anilines is 1. The maximum absolute atomic E-state index is 11.9. The first-order chi connectivity index (χ1) is 9.76. The van der Waals surface area contributed by atoms with Gasteiger partial charge in [0.05, 0.1) is 16.9 Å². The second kappa shape index (κ2) is 7.08. The van der Waals surface area contributed by atoms with E-state index >= 15 is 0 Å². The Morgan fingerprint density at radius 2 is 2.00 bits per heavy atom. The van der Waals surface area contributed by atoms with Crippen LogP contribution in [0.15, 0.2) is 18.2 Å². The molecule has 0 aliphatic carbocycles. The quantitative estimate of drug-likeness (QED) is 0.752. The maximum Gasteiger partial charge on any atom is 0.337 e. The lowest BCUT2D eigenvalue weighted by Crippen LogP contribution is -2.42. The van der Waals surface area contributed by atoms with Crippen molar-refractivity contribution in [2.75, 3.05) is 18.5 Å². The number of amides is 2. The molecule has 0 heterocycles. The van der Waals surface area contributed by atoms with Crippen LogP contribution in [0.1, 0.15) is 36.7 Å². The highest BCUT2D eigenvalue weighted by Gasteiger charge is 2.20. The van der Waals surface area contributed by atoms with Gasteiger partial charge in [0.1, 0.15) is 0 Å². The number of aromatic carboxylic acids is 1. The third-order valence-corrected chi connectivity index (χ3v) is 2.95. The predicted molar refractivity (Wildman–Crippen MR) is 80.9 cm³/mol. The Bertz CT molecular complexity index is 526. The standard InChI is InChI=1S/C15H22N2O4/c1-5-21-15(3,4)9-16-14(20)17-12-10(2)7-6-8-11(12)13(18)19/h6-8H,5,9H2,1-4H3,(H,18,19)(H2,16,17,20). The molecule has 0 radical (unpaired) electrons. The van der Waals surface area contributed by atoms with Gasteiger partial charge in [-0.2, -0.15) is 0 Å². The van der Waals surface area contributed by atoms with Crippen LogP contribution in [-0.2, 0) is 4.74 Å². The van der Waals surface area contributed by atoms with E-state index < -0.39 is 17.6 Å². The van der Waals surface area contributed by atoms with E-state index in [0.29, 0.717) is 24.4 Å². The molecule has 0 unspecified atom stereocenters. The number of urea groups is 1. The van der Waals surface area contributed by atoms with Crippen molar-refractivity contribution in [2.24, 2.45) is 0 Å². The van der Waals surface area contributed by atoms with Gasteiger partial charge in [-0.25, -0.2) is 9.59 Å². The number of carbonyl (C=O) groups is 2.